The Morgan fingerprint density at radius 3 is 3.04 bits per heavy atom. The van der Waals surface area contributed by atoms with Gasteiger partial charge in [-0.05, 0) is 31.4 Å². The maximum Gasteiger partial charge on any atom is 0.257 e. The molecule has 3 aromatic rings. The van der Waals surface area contributed by atoms with E-state index in [9.17, 15) is 9.18 Å². The number of imidazole rings is 1. The van der Waals surface area contributed by atoms with E-state index in [1.165, 1.54) is 6.07 Å². The molecule has 4 nitrogen and oxygen atoms in total. The lowest BCUT2D eigenvalue weighted by Gasteiger charge is -2.35. The van der Waals surface area contributed by atoms with Crippen molar-refractivity contribution < 1.29 is 9.18 Å². The Kier molecular flexibility index (Phi) is 3.61. The van der Waals surface area contributed by atoms with Gasteiger partial charge in [0, 0.05) is 18.1 Å². The van der Waals surface area contributed by atoms with E-state index in [4.69, 9.17) is 0 Å². The molecule has 1 fully saturated rings. The molecule has 1 atom stereocenters. The van der Waals surface area contributed by atoms with Crippen molar-refractivity contribution in [3.05, 3.63) is 59.2 Å². The molecule has 6 heteroatoms. The number of aromatic nitrogens is 2. The monoisotopic (exact) mass is 329 g/mol. The molecular weight excluding hydrogens is 313 g/mol. The van der Waals surface area contributed by atoms with Crippen LogP contribution in [0, 0.1) is 5.82 Å². The summed E-state index contributed by atoms with van der Waals surface area (Å²) in [7, 11) is 0. The fraction of sp³-hybridized carbons (Fsp3) is 0.294. The predicted octanol–water partition coefficient (Wildman–Crippen LogP) is 3.90. The average molecular weight is 329 g/mol. The number of amides is 1. The third kappa shape index (κ3) is 2.43. The van der Waals surface area contributed by atoms with E-state index < -0.39 is 5.82 Å². The number of carbonyl (C=O) groups is 1. The summed E-state index contributed by atoms with van der Waals surface area (Å²) in [5.74, 6) is -0.710. The number of likely N-dealkylation sites (tertiary alicyclic amines) is 1. The highest BCUT2D eigenvalue weighted by Gasteiger charge is 2.32. The molecule has 23 heavy (non-hydrogen) atoms. The number of carbonyl (C=O) groups excluding carboxylic acids is 1. The van der Waals surface area contributed by atoms with Gasteiger partial charge in [0.1, 0.15) is 17.0 Å². The molecule has 4 rings (SSSR count). The van der Waals surface area contributed by atoms with Crippen LogP contribution in [0.2, 0.25) is 0 Å². The van der Waals surface area contributed by atoms with Crippen LogP contribution in [0.5, 0.6) is 0 Å². The first kappa shape index (κ1) is 14.4. The van der Waals surface area contributed by atoms with Crippen LogP contribution in [0.25, 0.3) is 4.83 Å². The van der Waals surface area contributed by atoms with Gasteiger partial charge in [0.15, 0.2) is 0 Å². The molecule has 0 radical (unpaired) electrons. The van der Waals surface area contributed by atoms with E-state index in [0.717, 1.165) is 29.8 Å². The first-order valence-corrected chi connectivity index (χ1v) is 8.59. The lowest BCUT2D eigenvalue weighted by Crippen LogP contribution is -2.39. The minimum Gasteiger partial charge on any atom is -0.330 e. The lowest BCUT2D eigenvalue weighted by atomic mass is 9.98. The first-order valence-electron chi connectivity index (χ1n) is 7.71. The van der Waals surface area contributed by atoms with E-state index in [1.54, 1.807) is 40.8 Å². The van der Waals surface area contributed by atoms with E-state index in [-0.39, 0.29) is 17.5 Å². The number of thiazole rings is 1. The van der Waals surface area contributed by atoms with Crippen LogP contribution in [0.4, 0.5) is 4.39 Å². The van der Waals surface area contributed by atoms with E-state index in [2.05, 4.69) is 4.98 Å². The van der Waals surface area contributed by atoms with Crippen LogP contribution in [0.15, 0.2) is 42.2 Å². The molecule has 3 heterocycles. The minimum absolute atomic E-state index is 0.0838. The van der Waals surface area contributed by atoms with Crippen LogP contribution in [-0.2, 0) is 0 Å². The Bertz CT molecular complexity index is 856. The molecule has 0 bridgehead atoms. The summed E-state index contributed by atoms with van der Waals surface area (Å²) < 4.78 is 16.0. The molecule has 1 aliphatic heterocycles. The second-order valence-electron chi connectivity index (χ2n) is 5.74. The van der Waals surface area contributed by atoms with Gasteiger partial charge in [-0.15, -0.1) is 11.3 Å². The molecule has 118 valence electrons. The van der Waals surface area contributed by atoms with Gasteiger partial charge in [-0.1, -0.05) is 12.1 Å². The third-order valence-corrected chi connectivity index (χ3v) is 5.26. The van der Waals surface area contributed by atoms with Gasteiger partial charge in [0.25, 0.3) is 5.91 Å². The lowest BCUT2D eigenvalue weighted by molar-refractivity contribution is 0.0604. The molecule has 1 saturated heterocycles. The summed E-state index contributed by atoms with van der Waals surface area (Å²) >= 11 is 1.62. The van der Waals surface area contributed by atoms with Crippen molar-refractivity contribution in [2.75, 3.05) is 6.54 Å². The largest absolute Gasteiger partial charge is 0.330 e. The normalized spacial score (nSPS) is 18.5. The quantitative estimate of drug-likeness (QED) is 0.715. The summed E-state index contributed by atoms with van der Waals surface area (Å²) in [6.07, 6.45) is 6.60. The van der Waals surface area contributed by atoms with Gasteiger partial charge < -0.3 is 4.90 Å². The van der Waals surface area contributed by atoms with Crippen molar-refractivity contribution in [2.24, 2.45) is 0 Å². The summed E-state index contributed by atoms with van der Waals surface area (Å²) in [5.41, 5.74) is 1.06. The van der Waals surface area contributed by atoms with Crippen LogP contribution in [0.3, 0.4) is 0 Å². The fourth-order valence-electron chi connectivity index (χ4n) is 3.23. The summed E-state index contributed by atoms with van der Waals surface area (Å²) in [6.45, 7) is 0.641. The van der Waals surface area contributed by atoms with Crippen LogP contribution in [0.1, 0.15) is 41.4 Å². The topological polar surface area (TPSA) is 37.6 Å². The fourth-order valence-corrected chi connectivity index (χ4v) is 4.09. The smallest absolute Gasteiger partial charge is 0.257 e. The van der Waals surface area contributed by atoms with Gasteiger partial charge in [0.2, 0.25) is 0 Å². The Hall–Kier alpha value is -2.21. The highest BCUT2D eigenvalue weighted by molar-refractivity contribution is 7.15. The number of halogens is 1. The number of rotatable bonds is 2. The van der Waals surface area contributed by atoms with Crippen LogP contribution >= 0.6 is 11.3 Å². The Morgan fingerprint density at radius 2 is 2.17 bits per heavy atom. The first-order chi connectivity index (χ1) is 11.3. The number of fused-ring (bicyclic) bond motifs is 1. The standard InChI is InChI=1S/C17H16FN3OS/c18-13-6-2-1-5-12(13)16(22)21-8-4-3-7-14(21)15-17-20(11-19-15)9-10-23-17/h1-2,5-6,9-11,14H,3-4,7-8H2. The molecule has 0 aliphatic carbocycles. The second kappa shape index (κ2) is 5.77. The number of benzene rings is 1. The van der Waals surface area contributed by atoms with Gasteiger partial charge in [-0.2, -0.15) is 0 Å². The summed E-state index contributed by atoms with van der Waals surface area (Å²) in [6, 6.07) is 6.10. The van der Waals surface area contributed by atoms with Gasteiger partial charge >= 0.3 is 0 Å². The zero-order chi connectivity index (χ0) is 15.8. The molecule has 1 aliphatic rings. The molecule has 1 aromatic carbocycles. The maximum atomic E-state index is 14.0. The molecule has 2 aromatic heterocycles. The molecule has 1 amide bonds. The molecular formula is C17H16FN3OS. The SMILES string of the molecule is O=C(c1ccccc1F)N1CCCCC1c1ncn2ccsc12. The number of hydrogen-bond acceptors (Lipinski definition) is 3. The number of hydrogen-bond donors (Lipinski definition) is 0. The van der Waals surface area contributed by atoms with Crippen molar-refractivity contribution in [3.8, 4) is 0 Å². The zero-order valence-electron chi connectivity index (χ0n) is 12.5. The molecule has 0 N–H and O–H groups in total. The zero-order valence-corrected chi connectivity index (χ0v) is 13.3. The van der Waals surface area contributed by atoms with Gasteiger partial charge in [-0.25, -0.2) is 9.37 Å². The molecule has 0 saturated carbocycles. The van der Waals surface area contributed by atoms with Crippen molar-refractivity contribution in [3.63, 3.8) is 0 Å². The van der Waals surface area contributed by atoms with Crippen LogP contribution in [-0.4, -0.2) is 26.7 Å². The Morgan fingerprint density at radius 1 is 1.30 bits per heavy atom. The average Bonchev–Trinajstić information content (AvgIpc) is 3.18. The predicted molar refractivity (Wildman–Crippen MR) is 87.1 cm³/mol. The van der Waals surface area contributed by atoms with E-state index in [0.29, 0.717) is 6.54 Å². The highest BCUT2D eigenvalue weighted by atomic mass is 32.1. The molecule has 1 unspecified atom stereocenters. The van der Waals surface area contributed by atoms with Gasteiger partial charge in [0.05, 0.1) is 17.3 Å². The second-order valence-corrected chi connectivity index (χ2v) is 6.63. The number of nitrogens with zero attached hydrogens (tertiary/aromatic N) is 3. The summed E-state index contributed by atoms with van der Waals surface area (Å²) in [4.78, 5) is 20.2. The van der Waals surface area contributed by atoms with Crippen molar-refractivity contribution >= 4 is 22.1 Å². The minimum atomic E-state index is -0.465. The van der Waals surface area contributed by atoms with Crippen molar-refractivity contribution in [2.45, 2.75) is 25.3 Å². The molecule has 0 spiro atoms. The number of piperidine rings is 1. The summed E-state index contributed by atoms with van der Waals surface area (Å²) in [5, 5.41) is 2.01. The Labute approximate surface area is 137 Å². The van der Waals surface area contributed by atoms with Gasteiger partial charge in [-0.3, -0.25) is 9.20 Å². The highest BCUT2D eigenvalue weighted by Crippen LogP contribution is 2.35. The Balaban J connectivity index is 1.72. The van der Waals surface area contributed by atoms with Crippen LogP contribution < -0.4 is 0 Å². The van der Waals surface area contributed by atoms with Crippen molar-refractivity contribution in [1.82, 2.24) is 14.3 Å². The van der Waals surface area contributed by atoms with E-state index in [1.807, 2.05) is 16.0 Å². The maximum absolute atomic E-state index is 14.0. The third-order valence-electron chi connectivity index (χ3n) is 4.36. The van der Waals surface area contributed by atoms with E-state index >= 15 is 0 Å². The van der Waals surface area contributed by atoms with Crippen molar-refractivity contribution in [1.29, 1.82) is 0 Å².